The number of thiazole rings is 2. The Kier molecular flexibility index (Phi) is 4.40. The van der Waals surface area contributed by atoms with Crippen LogP contribution in [-0.2, 0) is 0 Å². The van der Waals surface area contributed by atoms with E-state index in [-0.39, 0.29) is 16.8 Å². The zero-order chi connectivity index (χ0) is 19.4. The fourth-order valence-corrected chi connectivity index (χ4v) is 6.22. The summed E-state index contributed by atoms with van der Waals surface area (Å²) in [6.07, 6.45) is 3.80. The molecule has 1 fully saturated rings. The zero-order valence-corrected chi connectivity index (χ0v) is 17.9. The van der Waals surface area contributed by atoms with E-state index >= 15 is 0 Å². The topological polar surface area (TPSA) is 74.2 Å². The Morgan fingerprint density at radius 3 is 2.41 bits per heavy atom. The molecule has 1 aliphatic heterocycles. The third kappa shape index (κ3) is 3.66. The van der Waals surface area contributed by atoms with Gasteiger partial charge in [-0.1, -0.05) is 22.7 Å². The Labute approximate surface area is 167 Å². The molecule has 0 saturated carbocycles. The average molecular weight is 404 g/mol. The van der Waals surface area contributed by atoms with Crippen LogP contribution in [0.15, 0.2) is 18.3 Å². The van der Waals surface area contributed by atoms with Crippen LogP contribution < -0.4 is 10.2 Å². The minimum atomic E-state index is 0.0945. The molecule has 8 heteroatoms. The van der Waals surface area contributed by atoms with Gasteiger partial charge in [-0.2, -0.15) is 0 Å². The highest BCUT2D eigenvalue weighted by Crippen LogP contribution is 2.40. The average Bonchev–Trinajstić information content (AvgIpc) is 3.10. The Bertz CT molecular complexity index is 930. The SMILES string of the molecule is CN(c1nc2sc(-c3ncccc3O)nc2s1)C1CC(C)(C)NC(C)(C)C1. The van der Waals surface area contributed by atoms with Gasteiger partial charge in [0.25, 0.3) is 0 Å². The fourth-order valence-electron chi connectivity index (χ4n) is 4.14. The number of fused-ring (bicyclic) bond motifs is 1. The number of nitrogens with one attached hydrogen (secondary N) is 1. The lowest BCUT2D eigenvalue weighted by Crippen LogP contribution is -2.61. The molecule has 3 aromatic rings. The number of rotatable bonds is 3. The summed E-state index contributed by atoms with van der Waals surface area (Å²) < 4.78 is 0. The first-order chi connectivity index (χ1) is 12.6. The van der Waals surface area contributed by atoms with Crippen molar-refractivity contribution >= 4 is 37.5 Å². The summed E-state index contributed by atoms with van der Waals surface area (Å²) in [6, 6.07) is 3.77. The molecule has 4 heterocycles. The van der Waals surface area contributed by atoms with Crippen molar-refractivity contribution in [2.45, 2.75) is 57.7 Å². The predicted molar refractivity (Wildman–Crippen MR) is 113 cm³/mol. The van der Waals surface area contributed by atoms with Crippen LogP contribution >= 0.6 is 22.7 Å². The van der Waals surface area contributed by atoms with Crippen molar-refractivity contribution in [2.24, 2.45) is 0 Å². The molecule has 0 radical (unpaired) electrons. The van der Waals surface area contributed by atoms with Gasteiger partial charge in [-0.3, -0.25) is 0 Å². The minimum Gasteiger partial charge on any atom is -0.506 e. The second-order valence-corrected chi connectivity index (χ2v) is 10.5. The summed E-state index contributed by atoms with van der Waals surface area (Å²) in [4.78, 5) is 17.8. The Hall–Kier alpha value is -1.77. The van der Waals surface area contributed by atoms with E-state index in [1.165, 1.54) is 11.3 Å². The van der Waals surface area contributed by atoms with E-state index in [1.54, 1.807) is 29.7 Å². The Balaban J connectivity index is 1.61. The first-order valence-electron chi connectivity index (χ1n) is 9.07. The van der Waals surface area contributed by atoms with Crippen molar-refractivity contribution in [3.05, 3.63) is 18.3 Å². The molecule has 0 amide bonds. The molecule has 0 bridgehead atoms. The minimum absolute atomic E-state index is 0.0945. The molecule has 3 aromatic heterocycles. The maximum atomic E-state index is 10.0. The van der Waals surface area contributed by atoms with Crippen LogP contribution in [0.1, 0.15) is 40.5 Å². The van der Waals surface area contributed by atoms with Crippen LogP contribution in [0.4, 0.5) is 5.13 Å². The van der Waals surface area contributed by atoms with E-state index in [0.717, 1.165) is 27.6 Å². The molecule has 4 rings (SSSR count). The highest BCUT2D eigenvalue weighted by molar-refractivity contribution is 7.29. The highest BCUT2D eigenvalue weighted by atomic mass is 32.1. The number of aromatic nitrogens is 3. The molecule has 1 aliphatic rings. The molecule has 0 spiro atoms. The largest absolute Gasteiger partial charge is 0.506 e. The summed E-state index contributed by atoms with van der Waals surface area (Å²) >= 11 is 3.08. The zero-order valence-electron chi connectivity index (χ0n) is 16.3. The summed E-state index contributed by atoms with van der Waals surface area (Å²) in [5.41, 5.74) is 0.707. The van der Waals surface area contributed by atoms with Crippen molar-refractivity contribution in [1.29, 1.82) is 0 Å². The van der Waals surface area contributed by atoms with E-state index in [9.17, 15) is 5.11 Å². The van der Waals surface area contributed by atoms with E-state index in [2.05, 4.69) is 54.9 Å². The van der Waals surface area contributed by atoms with Gasteiger partial charge in [-0.25, -0.2) is 15.0 Å². The summed E-state index contributed by atoms with van der Waals surface area (Å²) in [5.74, 6) is 0.149. The quantitative estimate of drug-likeness (QED) is 0.680. The number of piperidine rings is 1. The lowest BCUT2D eigenvalue weighted by molar-refractivity contribution is 0.161. The molecular formula is C19H25N5OS2. The van der Waals surface area contributed by atoms with E-state index in [4.69, 9.17) is 4.98 Å². The van der Waals surface area contributed by atoms with Crippen LogP contribution in [0.5, 0.6) is 5.75 Å². The first-order valence-corrected chi connectivity index (χ1v) is 10.7. The normalized spacial score (nSPS) is 19.4. The molecular weight excluding hydrogens is 378 g/mol. The van der Waals surface area contributed by atoms with E-state index in [0.29, 0.717) is 16.7 Å². The maximum Gasteiger partial charge on any atom is 0.188 e. The Morgan fingerprint density at radius 1 is 1.11 bits per heavy atom. The van der Waals surface area contributed by atoms with Crippen LogP contribution in [0.3, 0.4) is 0 Å². The predicted octanol–water partition coefficient (Wildman–Crippen LogP) is 4.27. The van der Waals surface area contributed by atoms with Gasteiger partial charge in [0.1, 0.15) is 16.5 Å². The van der Waals surface area contributed by atoms with Gasteiger partial charge in [0.15, 0.2) is 14.8 Å². The lowest BCUT2D eigenvalue weighted by atomic mass is 9.79. The lowest BCUT2D eigenvalue weighted by Gasteiger charge is -2.48. The standard InChI is InChI=1S/C19H25N5OS2/c1-18(2)9-11(10-19(3,4)23-18)24(5)17-22-16-15(27-17)21-14(26-16)13-12(25)7-6-8-20-13/h6-8,11,23,25H,9-10H2,1-5H3. The summed E-state index contributed by atoms with van der Waals surface area (Å²) in [6.45, 7) is 9.06. The number of hydrogen-bond donors (Lipinski definition) is 2. The first kappa shape index (κ1) is 18.6. The van der Waals surface area contributed by atoms with Crippen molar-refractivity contribution in [1.82, 2.24) is 20.3 Å². The van der Waals surface area contributed by atoms with Gasteiger partial charge < -0.3 is 15.3 Å². The van der Waals surface area contributed by atoms with Gasteiger partial charge >= 0.3 is 0 Å². The van der Waals surface area contributed by atoms with Gasteiger partial charge in [-0.05, 0) is 52.7 Å². The third-order valence-electron chi connectivity index (χ3n) is 4.97. The number of anilines is 1. The van der Waals surface area contributed by atoms with Crippen molar-refractivity contribution in [3.63, 3.8) is 0 Å². The second kappa shape index (κ2) is 6.39. The van der Waals surface area contributed by atoms with Crippen LogP contribution in [0.25, 0.3) is 20.4 Å². The number of nitrogens with zero attached hydrogens (tertiary/aromatic N) is 4. The van der Waals surface area contributed by atoms with Gasteiger partial charge in [0.05, 0.1) is 0 Å². The van der Waals surface area contributed by atoms with Crippen molar-refractivity contribution in [3.8, 4) is 16.5 Å². The van der Waals surface area contributed by atoms with Crippen molar-refractivity contribution < 1.29 is 5.11 Å². The molecule has 0 aliphatic carbocycles. The van der Waals surface area contributed by atoms with E-state index < -0.39 is 0 Å². The molecule has 0 atom stereocenters. The van der Waals surface area contributed by atoms with E-state index in [1.807, 2.05) is 0 Å². The maximum absolute atomic E-state index is 10.0. The van der Waals surface area contributed by atoms with Crippen LogP contribution in [0.2, 0.25) is 0 Å². The van der Waals surface area contributed by atoms with Crippen LogP contribution in [0, 0.1) is 0 Å². The molecule has 0 unspecified atom stereocenters. The number of aromatic hydroxyl groups is 1. The van der Waals surface area contributed by atoms with Gasteiger partial charge in [0, 0.05) is 30.4 Å². The summed E-state index contributed by atoms with van der Waals surface area (Å²) in [5, 5.41) is 15.5. The second-order valence-electron chi connectivity index (χ2n) is 8.56. The number of pyridine rings is 1. The molecule has 6 nitrogen and oxygen atoms in total. The van der Waals surface area contributed by atoms with Crippen LogP contribution in [-0.4, -0.2) is 44.2 Å². The number of hydrogen-bond acceptors (Lipinski definition) is 8. The van der Waals surface area contributed by atoms with Crippen molar-refractivity contribution in [2.75, 3.05) is 11.9 Å². The summed E-state index contributed by atoms with van der Waals surface area (Å²) in [7, 11) is 2.13. The van der Waals surface area contributed by atoms with Gasteiger partial charge in [0.2, 0.25) is 0 Å². The third-order valence-corrected chi connectivity index (χ3v) is 7.10. The molecule has 27 heavy (non-hydrogen) atoms. The monoisotopic (exact) mass is 403 g/mol. The fraction of sp³-hybridized carbons (Fsp3) is 0.526. The molecule has 2 N–H and O–H groups in total. The highest BCUT2D eigenvalue weighted by Gasteiger charge is 2.39. The molecule has 144 valence electrons. The Morgan fingerprint density at radius 2 is 1.78 bits per heavy atom. The molecule has 1 saturated heterocycles. The smallest absolute Gasteiger partial charge is 0.188 e. The van der Waals surface area contributed by atoms with Gasteiger partial charge in [-0.15, -0.1) is 0 Å². The molecule has 0 aromatic carbocycles.